The number of ether oxygens (including phenoxy) is 1. The van der Waals surface area contributed by atoms with E-state index >= 15 is 0 Å². The maximum Gasteiger partial charge on any atom is 0.285 e. The van der Waals surface area contributed by atoms with Gasteiger partial charge in [0.2, 0.25) is 0 Å². The number of sulfonamides is 1. The Morgan fingerprint density at radius 1 is 1.33 bits per heavy atom. The van der Waals surface area contributed by atoms with Gasteiger partial charge >= 0.3 is 0 Å². The maximum absolute atomic E-state index is 12.2. The van der Waals surface area contributed by atoms with E-state index in [9.17, 15) is 18.6 Å². The highest BCUT2D eigenvalue weighted by molar-refractivity contribution is 9.10. The minimum absolute atomic E-state index is 0.0251. The van der Waals surface area contributed by atoms with Crippen LogP contribution in [-0.4, -0.2) is 56.0 Å². The Morgan fingerprint density at radius 2 is 2.07 bits per heavy atom. The van der Waals surface area contributed by atoms with Crippen LogP contribution < -0.4 is 4.74 Å². The minimum Gasteiger partial charge on any atom is -0.507 e. The number of fused-ring (bicyclic) bond motifs is 1. The van der Waals surface area contributed by atoms with Crippen molar-refractivity contribution < 1.29 is 23.4 Å². The van der Waals surface area contributed by atoms with Crippen LogP contribution in [0.2, 0.25) is 0 Å². The molecule has 3 rings (SSSR count). The first-order valence-corrected chi connectivity index (χ1v) is 10.0. The fourth-order valence-electron chi connectivity index (χ4n) is 2.54. The van der Waals surface area contributed by atoms with Crippen molar-refractivity contribution in [2.45, 2.75) is 4.90 Å². The summed E-state index contributed by atoms with van der Waals surface area (Å²) in [5, 5.41) is 25.0. The number of rotatable bonds is 5. The third-order valence-electron chi connectivity index (χ3n) is 3.81. The van der Waals surface area contributed by atoms with E-state index in [4.69, 9.17) is 4.74 Å². The molecule has 0 aromatic heterocycles. The van der Waals surface area contributed by atoms with E-state index in [0.29, 0.717) is 21.3 Å². The third kappa shape index (κ3) is 3.82. The molecule has 27 heavy (non-hydrogen) atoms. The average molecular weight is 454 g/mol. The van der Waals surface area contributed by atoms with Crippen LogP contribution in [0.1, 0.15) is 11.1 Å². The number of phenols is 1. The lowest BCUT2D eigenvalue weighted by Gasteiger charge is -2.17. The number of hydrazone groups is 1. The van der Waals surface area contributed by atoms with Crippen LogP contribution >= 0.6 is 15.9 Å². The van der Waals surface area contributed by atoms with Crippen molar-refractivity contribution in [3.05, 3.63) is 52.0 Å². The zero-order chi connectivity index (χ0) is 19.6. The molecule has 1 heterocycles. The number of phenolic OH excluding ortho intramolecular Hbond substituents is 1. The van der Waals surface area contributed by atoms with Gasteiger partial charge in [0.05, 0.1) is 30.9 Å². The van der Waals surface area contributed by atoms with Crippen LogP contribution in [0.25, 0.3) is 0 Å². The van der Waals surface area contributed by atoms with E-state index < -0.39 is 10.0 Å². The SMILES string of the molecule is COc1cc(O)c(/C=N/N(CCO)C2=NS(=O)(=O)c3ccccc32)cc1Br. The molecule has 142 valence electrons. The molecule has 0 fully saturated rings. The van der Waals surface area contributed by atoms with Gasteiger partial charge in [0.1, 0.15) is 16.4 Å². The lowest BCUT2D eigenvalue weighted by Crippen LogP contribution is -2.28. The Kier molecular flexibility index (Phi) is 5.49. The van der Waals surface area contributed by atoms with Crippen molar-refractivity contribution in [1.29, 1.82) is 0 Å². The van der Waals surface area contributed by atoms with Gasteiger partial charge in [0, 0.05) is 17.2 Å². The van der Waals surface area contributed by atoms with E-state index in [1.165, 1.54) is 30.5 Å². The smallest absolute Gasteiger partial charge is 0.285 e. The number of hydrogen-bond donors (Lipinski definition) is 2. The highest BCUT2D eigenvalue weighted by atomic mass is 79.9. The molecule has 8 nitrogen and oxygen atoms in total. The van der Waals surface area contributed by atoms with Crippen molar-refractivity contribution in [3.8, 4) is 11.5 Å². The van der Waals surface area contributed by atoms with Crippen LogP contribution in [0.5, 0.6) is 11.5 Å². The van der Waals surface area contributed by atoms with Crippen LogP contribution in [0.15, 0.2) is 55.3 Å². The first kappa shape index (κ1) is 19.3. The Hall–Kier alpha value is -2.43. The number of amidine groups is 1. The molecule has 0 bridgehead atoms. The van der Waals surface area contributed by atoms with Crippen molar-refractivity contribution in [2.75, 3.05) is 20.3 Å². The molecule has 0 saturated heterocycles. The van der Waals surface area contributed by atoms with Crippen molar-refractivity contribution >= 4 is 38.0 Å². The van der Waals surface area contributed by atoms with Crippen molar-refractivity contribution in [1.82, 2.24) is 5.01 Å². The van der Waals surface area contributed by atoms with Gasteiger partial charge in [-0.15, -0.1) is 4.40 Å². The second-order valence-corrected chi connectivity index (χ2v) is 7.95. The molecule has 2 N–H and O–H groups in total. The Bertz CT molecular complexity index is 1040. The maximum atomic E-state index is 12.2. The summed E-state index contributed by atoms with van der Waals surface area (Å²) in [6, 6.07) is 9.43. The molecule has 0 saturated carbocycles. The first-order valence-electron chi connectivity index (χ1n) is 7.80. The number of hydrogen-bond acceptors (Lipinski definition) is 7. The number of aliphatic hydroxyl groups is 1. The fourth-order valence-corrected chi connectivity index (χ4v) is 4.27. The molecule has 0 radical (unpaired) electrons. The molecule has 0 unspecified atom stereocenters. The summed E-state index contributed by atoms with van der Waals surface area (Å²) in [6.45, 7) is -0.242. The molecule has 0 atom stereocenters. The summed E-state index contributed by atoms with van der Waals surface area (Å²) < 4.78 is 34.0. The quantitative estimate of drug-likeness (QED) is 0.528. The Balaban J connectivity index is 1.99. The molecule has 10 heteroatoms. The molecule has 1 aliphatic heterocycles. The van der Waals surface area contributed by atoms with Crippen LogP contribution in [0.3, 0.4) is 0 Å². The Labute approximate surface area is 164 Å². The summed E-state index contributed by atoms with van der Waals surface area (Å²) >= 11 is 3.33. The number of benzene rings is 2. The average Bonchev–Trinajstić information content (AvgIpc) is 2.92. The first-order chi connectivity index (χ1) is 12.9. The molecule has 0 amide bonds. The predicted octanol–water partition coefficient (Wildman–Crippen LogP) is 1.94. The predicted molar refractivity (Wildman–Crippen MR) is 104 cm³/mol. The number of aliphatic hydroxyl groups excluding tert-OH is 1. The van der Waals surface area contributed by atoms with E-state index in [1.807, 2.05) is 0 Å². The van der Waals surface area contributed by atoms with Crippen LogP contribution in [0.4, 0.5) is 0 Å². The van der Waals surface area contributed by atoms with Gasteiger partial charge in [-0.3, -0.25) is 0 Å². The lowest BCUT2D eigenvalue weighted by molar-refractivity contribution is 0.254. The molecule has 0 spiro atoms. The van der Waals surface area contributed by atoms with Crippen molar-refractivity contribution in [3.63, 3.8) is 0 Å². The monoisotopic (exact) mass is 453 g/mol. The summed E-state index contributed by atoms with van der Waals surface area (Å²) in [6.07, 6.45) is 1.35. The second-order valence-electron chi connectivity index (χ2n) is 5.52. The fraction of sp³-hybridized carbons (Fsp3) is 0.176. The standard InChI is InChI=1S/C17H16BrN3O5S/c1-26-15-9-14(23)11(8-13(15)18)10-19-21(6-7-22)17-12-4-2-3-5-16(12)27(24,25)20-17/h2-5,8-10,22-23H,6-7H2,1H3/b19-10+. The number of halogens is 1. The summed E-state index contributed by atoms with van der Waals surface area (Å²) in [7, 11) is -2.33. The van der Waals surface area contributed by atoms with Gasteiger partial charge in [0.25, 0.3) is 10.0 Å². The lowest BCUT2D eigenvalue weighted by atomic mass is 10.2. The molecule has 0 aliphatic carbocycles. The zero-order valence-electron chi connectivity index (χ0n) is 14.2. The van der Waals surface area contributed by atoms with Gasteiger partial charge in [-0.05, 0) is 34.1 Å². The van der Waals surface area contributed by atoms with E-state index in [1.54, 1.807) is 24.3 Å². The van der Waals surface area contributed by atoms with Gasteiger partial charge < -0.3 is 14.9 Å². The highest BCUT2D eigenvalue weighted by Crippen LogP contribution is 2.32. The number of nitrogens with zero attached hydrogens (tertiary/aromatic N) is 3. The number of methoxy groups -OCH3 is 1. The summed E-state index contributed by atoms with van der Waals surface area (Å²) in [4.78, 5) is 0.0909. The molecule has 2 aromatic rings. The Morgan fingerprint density at radius 3 is 2.78 bits per heavy atom. The topological polar surface area (TPSA) is 112 Å². The third-order valence-corrected chi connectivity index (χ3v) is 5.75. The van der Waals surface area contributed by atoms with Gasteiger partial charge in [-0.2, -0.15) is 13.5 Å². The van der Waals surface area contributed by atoms with Crippen LogP contribution in [0, 0.1) is 0 Å². The van der Waals surface area contributed by atoms with Crippen molar-refractivity contribution in [2.24, 2.45) is 9.50 Å². The van der Waals surface area contributed by atoms with Gasteiger partial charge in [-0.25, -0.2) is 5.01 Å². The normalized spacial score (nSPS) is 14.9. The van der Waals surface area contributed by atoms with Gasteiger partial charge in [0.15, 0.2) is 5.84 Å². The largest absolute Gasteiger partial charge is 0.507 e. The summed E-state index contributed by atoms with van der Waals surface area (Å²) in [5.41, 5.74) is 0.781. The number of aromatic hydroxyl groups is 1. The summed E-state index contributed by atoms with van der Waals surface area (Å²) in [5.74, 6) is 0.504. The minimum atomic E-state index is -3.81. The van der Waals surface area contributed by atoms with Crippen LogP contribution in [-0.2, 0) is 10.0 Å². The van der Waals surface area contributed by atoms with E-state index in [0.717, 1.165) is 0 Å². The molecule has 2 aromatic carbocycles. The molecule has 1 aliphatic rings. The molecular weight excluding hydrogens is 438 g/mol. The highest BCUT2D eigenvalue weighted by Gasteiger charge is 2.31. The molecular formula is C17H16BrN3O5S. The van der Waals surface area contributed by atoms with Gasteiger partial charge in [-0.1, -0.05) is 12.1 Å². The second kappa shape index (κ2) is 7.67. The zero-order valence-corrected chi connectivity index (χ0v) is 16.6. The van der Waals surface area contributed by atoms with E-state index in [-0.39, 0.29) is 29.6 Å². The van der Waals surface area contributed by atoms with E-state index in [2.05, 4.69) is 25.4 Å².